The van der Waals surface area contributed by atoms with Gasteiger partial charge in [0, 0.05) is 41.0 Å². The molecular weight excluding hydrogens is 342 g/mol. The van der Waals surface area contributed by atoms with Gasteiger partial charge in [-0.25, -0.2) is 4.98 Å². The maximum absolute atomic E-state index is 12.0. The van der Waals surface area contributed by atoms with Gasteiger partial charge in [-0.3, -0.25) is 9.78 Å². The standard InChI is InChI=1S/C21H21N3OS/c1-13-10-17-16(21(2,3)7-4-19(25)23-17)11-15(13)18-12-26-20(24-18)14-5-8-22-9-6-14/h5-6,8-12H,4,7H2,1-3H3,(H,23,25). The highest BCUT2D eigenvalue weighted by Gasteiger charge is 2.29. The Kier molecular flexibility index (Phi) is 4.11. The quantitative estimate of drug-likeness (QED) is 0.681. The molecule has 3 aromatic rings. The number of hydrogen-bond acceptors (Lipinski definition) is 4. The second kappa shape index (κ2) is 6.32. The van der Waals surface area contributed by atoms with Crippen molar-refractivity contribution in [2.45, 2.75) is 39.0 Å². The van der Waals surface area contributed by atoms with Crippen LogP contribution >= 0.6 is 11.3 Å². The van der Waals surface area contributed by atoms with Crippen molar-refractivity contribution in [2.24, 2.45) is 0 Å². The van der Waals surface area contributed by atoms with Crippen LogP contribution in [0.4, 0.5) is 5.69 Å². The molecule has 0 unspecified atom stereocenters. The highest BCUT2D eigenvalue weighted by Crippen LogP contribution is 2.41. The summed E-state index contributed by atoms with van der Waals surface area (Å²) in [6, 6.07) is 8.25. The minimum absolute atomic E-state index is 0.0547. The van der Waals surface area contributed by atoms with Crippen LogP contribution in [0.3, 0.4) is 0 Å². The van der Waals surface area contributed by atoms with Gasteiger partial charge in [-0.05, 0) is 54.2 Å². The zero-order valence-corrected chi connectivity index (χ0v) is 16.0. The predicted octanol–water partition coefficient (Wildman–Crippen LogP) is 5.19. The van der Waals surface area contributed by atoms with Gasteiger partial charge in [0.25, 0.3) is 0 Å². The molecule has 0 spiro atoms. The second-order valence-electron chi connectivity index (χ2n) is 7.42. The number of fused-ring (bicyclic) bond motifs is 1. The summed E-state index contributed by atoms with van der Waals surface area (Å²) in [7, 11) is 0. The van der Waals surface area contributed by atoms with Crippen LogP contribution in [0.25, 0.3) is 21.8 Å². The maximum atomic E-state index is 12.0. The van der Waals surface area contributed by atoms with Crippen LogP contribution in [0.15, 0.2) is 42.0 Å². The van der Waals surface area contributed by atoms with Gasteiger partial charge in [0.05, 0.1) is 5.69 Å². The van der Waals surface area contributed by atoms with Crippen molar-refractivity contribution in [2.75, 3.05) is 5.32 Å². The molecule has 1 amide bonds. The van der Waals surface area contributed by atoms with Crippen LogP contribution in [0.2, 0.25) is 0 Å². The molecule has 0 atom stereocenters. The molecule has 1 aromatic carbocycles. The highest BCUT2D eigenvalue weighted by atomic mass is 32.1. The van der Waals surface area contributed by atoms with Gasteiger partial charge < -0.3 is 5.32 Å². The van der Waals surface area contributed by atoms with Crippen molar-refractivity contribution in [3.05, 3.63) is 53.2 Å². The number of aromatic nitrogens is 2. The maximum Gasteiger partial charge on any atom is 0.224 e. The Balaban J connectivity index is 1.80. The molecule has 0 radical (unpaired) electrons. The summed E-state index contributed by atoms with van der Waals surface area (Å²) in [6.45, 7) is 6.48. The van der Waals surface area contributed by atoms with E-state index in [-0.39, 0.29) is 11.3 Å². The highest BCUT2D eigenvalue weighted by molar-refractivity contribution is 7.13. The number of aryl methyl sites for hydroxylation is 1. The fraction of sp³-hybridized carbons (Fsp3) is 0.286. The summed E-state index contributed by atoms with van der Waals surface area (Å²) >= 11 is 1.64. The SMILES string of the molecule is Cc1cc2c(cc1-c1csc(-c3ccncc3)n1)C(C)(C)CCC(=O)N2. The average Bonchev–Trinajstić information content (AvgIpc) is 3.07. The molecule has 0 fully saturated rings. The number of hydrogen-bond donors (Lipinski definition) is 1. The lowest BCUT2D eigenvalue weighted by atomic mass is 9.79. The molecule has 1 aliphatic heterocycles. The summed E-state index contributed by atoms with van der Waals surface area (Å²) in [5.41, 5.74) is 6.37. The number of pyridine rings is 1. The molecule has 4 nitrogen and oxygen atoms in total. The smallest absolute Gasteiger partial charge is 0.224 e. The van der Waals surface area contributed by atoms with E-state index >= 15 is 0 Å². The van der Waals surface area contributed by atoms with E-state index in [4.69, 9.17) is 4.98 Å². The molecule has 0 saturated heterocycles. The average molecular weight is 363 g/mol. The molecule has 2 aromatic heterocycles. The van der Waals surface area contributed by atoms with Crippen LogP contribution < -0.4 is 5.32 Å². The molecule has 0 bridgehead atoms. The van der Waals surface area contributed by atoms with Crippen molar-refractivity contribution in [3.8, 4) is 21.8 Å². The van der Waals surface area contributed by atoms with Crippen LogP contribution in [0.5, 0.6) is 0 Å². The molecule has 1 N–H and O–H groups in total. The van der Waals surface area contributed by atoms with Gasteiger partial charge in [-0.2, -0.15) is 0 Å². The third-order valence-electron chi connectivity index (χ3n) is 5.05. The summed E-state index contributed by atoms with van der Waals surface area (Å²) in [4.78, 5) is 21.0. The molecule has 5 heteroatoms. The summed E-state index contributed by atoms with van der Waals surface area (Å²) in [5, 5.41) is 6.16. The van der Waals surface area contributed by atoms with Gasteiger partial charge in [0.15, 0.2) is 0 Å². The number of amides is 1. The summed E-state index contributed by atoms with van der Waals surface area (Å²) in [5.74, 6) is 0.0950. The van der Waals surface area contributed by atoms with E-state index in [1.54, 1.807) is 23.7 Å². The van der Waals surface area contributed by atoms with Gasteiger partial charge in [-0.15, -0.1) is 11.3 Å². The molecule has 4 rings (SSSR count). The molecule has 132 valence electrons. The molecular formula is C21H21N3OS. The first-order valence-electron chi connectivity index (χ1n) is 8.75. The number of carbonyl (C=O) groups excluding carboxylic acids is 1. The first-order chi connectivity index (χ1) is 12.4. The van der Waals surface area contributed by atoms with Crippen LogP contribution in [0.1, 0.15) is 37.8 Å². The van der Waals surface area contributed by atoms with Gasteiger partial charge in [0.2, 0.25) is 5.91 Å². The van der Waals surface area contributed by atoms with Crippen molar-refractivity contribution in [1.29, 1.82) is 0 Å². The lowest BCUT2D eigenvalue weighted by molar-refractivity contribution is -0.116. The van der Waals surface area contributed by atoms with Crippen molar-refractivity contribution < 1.29 is 4.79 Å². The molecule has 1 aliphatic rings. The van der Waals surface area contributed by atoms with Crippen LogP contribution in [-0.2, 0) is 10.2 Å². The molecule has 3 heterocycles. The van der Waals surface area contributed by atoms with Gasteiger partial charge >= 0.3 is 0 Å². The first-order valence-corrected chi connectivity index (χ1v) is 9.63. The second-order valence-corrected chi connectivity index (χ2v) is 8.28. The number of rotatable bonds is 2. The third-order valence-corrected chi connectivity index (χ3v) is 5.94. The first kappa shape index (κ1) is 16.9. The Bertz CT molecular complexity index is 976. The number of anilines is 1. The third kappa shape index (κ3) is 3.03. The largest absolute Gasteiger partial charge is 0.326 e. The Labute approximate surface area is 157 Å². The number of nitrogens with one attached hydrogen (secondary N) is 1. The van der Waals surface area contributed by atoms with E-state index < -0.39 is 0 Å². The fourth-order valence-electron chi connectivity index (χ4n) is 3.45. The van der Waals surface area contributed by atoms with Gasteiger partial charge in [-0.1, -0.05) is 13.8 Å². The zero-order chi connectivity index (χ0) is 18.3. The Hall–Kier alpha value is -2.53. The van der Waals surface area contributed by atoms with Crippen molar-refractivity contribution in [3.63, 3.8) is 0 Å². The van der Waals surface area contributed by atoms with E-state index in [0.29, 0.717) is 6.42 Å². The van der Waals surface area contributed by atoms with Gasteiger partial charge in [0.1, 0.15) is 5.01 Å². The predicted molar refractivity (Wildman–Crippen MR) is 106 cm³/mol. The minimum atomic E-state index is -0.0547. The number of nitrogens with zero attached hydrogens (tertiary/aromatic N) is 2. The monoisotopic (exact) mass is 363 g/mol. The van der Waals surface area contributed by atoms with E-state index in [9.17, 15) is 4.79 Å². The Morgan fingerprint density at radius 3 is 2.73 bits per heavy atom. The number of carbonyl (C=O) groups is 1. The lowest BCUT2D eigenvalue weighted by Crippen LogP contribution is -2.16. The number of thiazole rings is 1. The molecule has 0 aliphatic carbocycles. The minimum Gasteiger partial charge on any atom is -0.326 e. The summed E-state index contributed by atoms with van der Waals surface area (Å²) in [6.07, 6.45) is 4.97. The van der Waals surface area contributed by atoms with Crippen LogP contribution in [0, 0.1) is 6.92 Å². The summed E-state index contributed by atoms with van der Waals surface area (Å²) < 4.78 is 0. The molecule has 26 heavy (non-hydrogen) atoms. The van der Waals surface area contributed by atoms with E-state index in [1.165, 1.54) is 5.56 Å². The van der Waals surface area contributed by atoms with Crippen molar-refractivity contribution in [1.82, 2.24) is 9.97 Å². The number of benzene rings is 1. The van der Waals surface area contributed by atoms with E-state index in [0.717, 1.165) is 39.5 Å². The fourth-order valence-corrected chi connectivity index (χ4v) is 4.27. The molecule has 0 saturated carbocycles. The topological polar surface area (TPSA) is 54.9 Å². The van der Waals surface area contributed by atoms with E-state index in [1.807, 2.05) is 12.1 Å². The Morgan fingerprint density at radius 1 is 1.19 bits per heavy atom. The lowest BCUT2D eigenvalue weighted by Gasteiger charge is -2.25. The van der Waals surface area contributed by atoms with Crippen LogP contribution in [-0.4, -0.2) is 15.9 Å². The normalized spacial score (nSPS) is 15.9. The van der Waals surface area contributed by atoms with E-state index in [2.05, 4.69) is 48.6 Å². The Morgan fingerprint density at radius 2 is 1.96 bits per heavy atom. The van der Waals surface area contributed by atoms with Crippen molar-refractivity contribution >= 4 is 22.9 Å². The zero-order valence-electron chi connectivity index (χ0n) is 15.2.